The molecule has 5 aromatic rings. The third kappa shape index (κ3) is 3.71. The highest BCUT2D eigenvalue weighted by Crippen LogP contribution is 2.28. The van der Waals surface area contributed by atoms with Crippen LogP contribution in [-0.4, -0.2) is 27.0 Å². The van der Waals surface area contributed by atoms with Gasteiger partial charge in [-0.3, -0.25) is 9.20 Å². The number of carbonyl (C=O) groups excluding carboxylic acids is 1. The van der Waals surface area contributed by atoms with E-state index in [1.165, 1.54) is 6.26 Å². The van der Waals surface area contributed by atoms with E-state index in [1.807, 2.05) is 72.8 Å². The van der Waals surface area contributed by atoms with Crippen molar-refractivity contribution in [3.05, 3.63) is 96.5 Å². The highest BCUT2D eigenvalue weighted by molar-refractivity contribution is 7.78. The van der Waals surface area contributed by atoms with Gasteiger partial charge in [0.1, 0.15) is 23.7 Å². The summed E-state index contributed by atoms with van der Waals surface area (Å²) in [7, 11) is 0. The third-order valence-corrected chi connectivity index (χ3v) is 5.45. The molecule has 3 aromatic carbocycles. The van der Waals surface area contributed by atoms with Gasteiger partial charge in [0.25, 0.3) is 5.91 Å². The number of aromatic nitrogens is 2. The van der Waals surface area contributed by atoms with Gasteiger partial charge in [-0.1, -0.05) is 66.7 Å². The van der Waals surface area contributed by atoms with E-state index in [9.17, 15) is 4.79 Å². The van der Waals surface area contributed by atoms with Crippen molar-refractivity contribution in [3.8, 4) is 11.3 Å². The third-order valence-electron chi connectivity index (χ3n) is 5.35. The van der Waals surface area contributed by atoms with E-state index in [0.717, 1.165) is 21.9 Å². The lowest BCUT2D eigenvalue weighted by molar-refractivity contribution is 0.0946. The number of amides is 1. The highest BCUT2D eigenvalue weighted by atomic mass is 32.1. The van der Waals surface area contributed by atoms with Crippen molar-refractivity contribution in [2.45, 2.75) is 6.04 Å². The molecule has 156 valence electrons. The van der Waals surface area contributed by atoms with Crippen LogP contribution in [0.5, 0.6) is 0 Å². The summed E-state index contributed by atoms with van der Waals surface area (Å²) in [5.41, 5.74) is 2.75. The number of fused-ring (bicyclic) bond motifs is 2. The Balaban J connectivity index is 1.49. The Morgan fingerprint density at radius 1 is 1.09 bits per heavy atom. The molecule has 2 aromatic heterocycles. The molecule has 0 aliphatic heterocycles. The minimum absolute atomic E-state index is 0.273. The smallest absolute Gasteiger partial charge is 0.306 e. The number of rotatable bonds is 6. The normalized spacial score (nSPS) is 11.9. The van der Waals surface area contributed by atoms with Crippen molar-refractivity contribution in [2.24, 2.45) is 4.99 Å². The van der Waals surface area contributed by atoms with Crippen LogP contribution in [-0.2, 0) is 0 Å². The van der Waals surface area contributed by atoms with Gasteiger partial charge in [-0.15, -0.1) is 0 Å². The second kappa shape index (κ2) is 8.59. The zero-order valence-corrected chi connectivity index (χ0v) is 17.8. The Bertz CT molecular complexity index is 1470. The molecule has 1 unspecified atom stereocenters. The van der Waals surface area contributed by atoms with Crippen LogP contribution in [0.25, 0.3) is 27.9 Å². The van der Waals surface area contributed by atoms with Crippen LogP contribution in [0, 0.1) is 0 Å². The first kappa shape index (κ1) is 19.9. The number of imidazole rings is 1. The predicted molar refractivity (Wildman–Crippen MR) is 127 cm³/mol. The maximum Gasteiger partial charge on any atom is 0.306 e. The molecule has 0 spiro atoms. The van der Waals surface area contributed by atoms with Gasteiger partial charge < -0.3 is 9.73 Å². The standard InChI is InChI=1S/C25H18N4O2S/c30-24(26-15-21(27-16-32)18-7-2-1-3-8-18)23-22(28-25-29(23)12-13-31-25)20-11-10-17-6-4-5-9-19(17)14-20/h1-14,21H,15H2,(H,26,30). The van der Waals surface area contributed by atoms with Crippen molar-refractivity contribution in [1.29, 1.82) is 0 Å². The molecule has 0 radical (unpaired) electrons. The van der Waals surface area contributed by atoms with Gasteiger partial charge >= 0.3 is 5.84 Å². The number of isothiocyanates is 1. The van der Waals surface area contributed by atoms with Crippen molar-refractivity contribution < 1.29 is 9.21 Å². The molecule has 5 rings (SSSR count). The molecule has 32 heavy (non-hydrogen) atoms. The summed E-state index contributed by atoms with van der Waals surface area (Å²) in [6.07, 6.45) is 3.19. The number of thiocarbonyl (C=S) groups is 1. The molecule has 0 bridgehead atoms. The summed E-state index contributed by atoms with van der Waals surface area (Å²) >= 11 is 4.81. The number of oxazole rings is 1. The zero-order valence-electron chi connectivity index (χ0n) is 16.9. The second-order valence-electron chi connectivity index (χ2n) is 7.28. The second-order valence-corrected chi connectivity index (χ2v) is 7.47. The van der Waals surface area contributed by atoms with Crippen molar-refractivity contribution in [2.75, 3.05) is 6.54 Å². The molecule has 1 atom stereocenters. The molecule has 0 saturated carbocycles. The van der Waals surface area contributed by atoms with Gasteiger partial charge in [0.05, 0.1) is 5.16 Å². The first-order valence-electron chi connectivity index (χ1n) is 10.1. The van der Waals surface area contributed by atoms with Crippen LogP contribution in [0.2, 0.25) is 0 Å². The maximum absolute atomic E-state index is 13.3. The SMILES string of the molecule is O=C(NCC(N=C=S)c1ccccc1)c1c(-c2ccc3ccccc3c2)nc2occn12. The number of carbonyl (C=O) groups is 1. The molecule has 0 saturated heterocycles. The number of hydrogen-bond acceptors (Lipinski definition) is 5. The molecule has 6 nitrogen and oxygen atoms in total. The van der Waals surface area contributed by atoms with Crippen LogP contribution in [0.3, 0.4) is 0 Å². The van der Waals surface area contributed by atoms with Crippen LogP contribution in [0.4, 0.5) is 0 Å². The molecule has 7 heteroatoms. The quantitative estimate of drug-likeness (QED) is 0.288. The number of benzene rings is 3. The van der Waals surface area contributed by atoms with Gasteiger partial charge in [-0.2, -0.15) is 4.98 Å². The first-order chi connectivity index (χ1) is 15.7. The van der Waals surface area contributed by atoms with Crippen molar-refractivity contribution in [1.82, 2.24) is 14.7 Å². The summed E-state index contributed by atoms with van der Waals surface area (Å²) in [5.74, 6) is 0.0809. The summed E-state index contributed by atoms with van der Waals surface area (Å²) < 4.78 is 7.11. The Morgan fingerprint density at radius 2 is 1.88 bits per heavy atom. The zero-order chi connectivity index (χ0) is 21.9. The highest BCUT2D eigenvalue weighted by Gasteiger charge is 2.23. The van der Waals surface area contributed by atoms with Crippen LogP contribution in [0.15, 0.2) is 94.7 Å². The van der Waals surface area contributed by atoms with Gasteiger partial charge in [0.15, 0.2) is 0 Å². The molecule has 2 heterocycles. The Labute approximate surface area is 189 Å². The lowest BCUT2D eigenvalue weighted by Crippen LogP contribution is -2.29. The van der Waals surface area contributed by atoms with Crippen LogP contribution >= 0.6 is 12.2 Å². The number of aliphatic imine (C=N–C) groups is 1. The lowest BCUT2D eigenvalue weighted by Gasteiger charge is -2.13. The van der Waals surface area contributed by atoms with E-state index < -0.39 is 0 Å². The fourth-order valence-electron chi connectivity index (χ4n) is 3.79. The summed E-state index contributed by atoms with van der Waals surface area (Å²) in [5, 5.41) is 7.59. The van der Waals surface area contributed by atoms with E-state index in [1.54, 1.807) is 10.6 Å². The average molecular weight is 439 g/mol. The van der Waals surface area contributed by atoms with Gasteiger partial charge in [0.2, 0.25) is 0 Å². The van der Waals surface area contributed by atoms with Crippen molar-refractivity contribution >= 4 is 39.9 Å². The molecule has 1 N–H and O–H groups in total. The van der Waals surface area contributed by atoms with Crippen LogP contribution in [0.1, 0.15) is 22.1 Å². The Hall–Kier alpha value is -4.06. The molecule has 0 aliphatic rings. The lowest BCUT2D eigenvalue weighted by atomic mass is 10.0. The maximum atomic E-state index is 13.3. The fraction of sp³-hybridized carbons (Fsp3) is 0.0800. The van der Waals surface area contributed by atoms with Gasteiger partial charge in [-0.25, -0.2) is 4.99 Å². The number of nitrogens with zero attached hydrogens (tertiary/aromatic N) is 3. The van der Waals surface area contributed by atoms with Crippen LogP contribution < -0.4 is 5.32 Å². The van der Waals surface area contributed by atoms with Gasteiger partial charge in [0, 0.05) is 18.3 Å². The van der Waals surface area contributed by atoms with E-state index >= 15 is 0 Å². The Morgan fingerprint density at radius 3 is 2.69 bits per heavy atom. The minimum Gasteiger partial charge on any atom is -0.432 e. The van der Waals surface area contributed by atoms with Gasteiger partial charge in [-0.05, 0) is 34.6 Å². The number of hydrogen-bond donors (Lipinski definition) is 1. The topological polar surface area (TPSA) is 71.9 Å². The summed E-state index contributed by atoms with van der Waals surface area (Å²) in [6.45, 7) is 0.273. The predicted octanol–water partition coefficient (Wildman–Crippen LogP) is 5.32. The average Bonchev–Trinajstić information content (AvgIpc) is 3.43. The molecule has 0 aliphatic carbocycles. The largest absolute Gasteiger partial charge is 0.432 e. The molecule has 0 fully saturated rings. The van der Waals surface area contributed by atoms with E-state index in [-0.39, 0.29) is 18.5 Å². The van der Waals surface area contributed by atoms with E-state index in [4.69, 9.17) is 16.6 Å². The van der Waals surface area contributed by atoms with E-state index in [2.05, 4.69) is 20.5 Å². The molecular weight excluding hydrogens is 420 g/mol. The molecule has 1 amide bonds. The fourth-order valence-corrected chi connectivity index (χ4v) is 3.92. The minimum atomic E-state index is -0.325. The number of nitrogens with one attached hydrogen (secondary N) is 1. The monoisotopic (exact) mass is 438 g/mol. The summed E-state index contributed by atoms with van der Waals surface area (Å²) in [4.78, 5) is 22.1. The Kier molecular flexibility index (Phi) is 5.34. The molecular formula is C25H18N4O2S. The van der Waals surface area contributed by atoms with E-state index in [0.29, 0.717) is 17.2 Å². The van der Waals surface area contributed by atoms with Crippen molar-refractivity contribution in [3.63, 3.8) is 0 Å². The first-order valence-corrected chi connectivity index (χ1v) is 10.5. The summed E-state index contributed by atoms with van der Waals surface area (Å²) in [6, 6.07) is 23.4.